The number of benzene rings is 3. The van der Waals surface area contributed by atoms with Crippen LogP contribution in [0.15, 0.2) is 54.7 Å². The predicted octanol–water partition coefficient (Wildman–Crippen LogP) is 7.94. The molecule has 2 fully saturated rings. The summed E-state index contributed by atoms with van der Waals surface area (Å²) in [5.41, 5.74) is 4.85. The van der Waals surface area contributed by atoms with Gasteiger partial charge in [-0.05, 0) is 73.7 Å². The summed E-state index contributed by atoms with van der Waals surface area (Å²) < 4.78 is 54.2. The summed E-state index contributed by atoms with van der Waals surface area (Å²) in [6, 6.07) is 14.1. The predicted molar refractivity (Wildman–Crippen MR) is 194 cm³/mol. The van der Waals surface area contributed by atoms with Crippen molar-refractivity contribution in [2.45, 2.75) is 57.9 Å². The molecular weight excluding hydrogens is 679 g/mol. The topological polar surface area (TPSA) is 88.6 Å². The molecule has 2 N–H and O–H groups in total. The molecule has 2 aliphatic heterocycles. The van der Waals surface area contributed by atoms with Gasteiger partial charge >= 0.3 is 6.18 Å². The number of alkyl halides is 3. The quantitative estimate of drug-likeness (QED) is 0.144. The van der Waals surface area contributed by atoms with Crippen LogP contribution in [0.25, 0.3) is 34.5 Å². The number of carbonyl (C=O) groups is 1. The molecule has 0 unspecified atom stereocenters. The van der Waals surface area contributed by atoms with Crippen LogP contribution in [0.3, 0.4) is 0 Å². The smallest absolute Gasteiger partial charge is 0.417 e. The average Bonchev–Trinajstić information content (AvgIpc) is 3.79. The lowest BCUT2D eigenvalue weighted by molar-refractivity contribution is -0.137. The molecule has 3 heterocycles. The normalized spacial score (nSPS) is 16.6. The molecule has 1 aromatic heterocycles. The van der Waals surface area contributed by atoms with Crippen LogP contribution < -0.4 is 20.1 Å². The molecule has 1 atom stereocenters. The highest BCUT2D eigenvalue weighted by atomic mass is 35.5. The zero-order valence-corrected chi connectivity index (χ0v) is 29.6. The Balaban J connectivity index is 1.26. The van der Waals surface area contributed by atoms with E-state index in [9.17, 15) is 18.0 Å². The van der Waals surface area contributed by atoms with Crippen LogP contribution in [0.5, 0.6) is 11.6 Å². The highest BCUT2D eigenvalue weighted by Gasteiger charge is 2.34. The molecule has 0 aliphatic carbocycles. The van der Waals surface area contributed by atoms with Crippen molar-refractivity contribution in [1.82, 2.24) is 25.5 Å². The summed E-state index contributed by atoms with van der Waals surface area (Å²) in [6.07, 6.45) is 3.73. The fourth-order valence-electron chi connectivity index (χ4n) is 6.77. The third-order valence-electron chi connectivity index (χ3n) is 9.51. The summed E-state index contributed by atoms with van der Waals surface area (Å²) >= 11 is 7.04. The molecule has 12 heteroatoms. The first-order valence-corrected chi connectivity index (χ1v) is 17.4. The number of hydrogen-bond acceptors (Lipinski definition) is 7. The van der Waals surface area contributed by atoms with Crippen molar-refractivity contribution in [3.05, 3.63) is 93.3 Å². The zero-order chi connectivity index (χ0) is 36.1. The van der Waals surface area contributed by atoms with E-state index in [-0.39, 0.29) is 17.5 Å². The number of aromatic nitrogens is 2. The van der Waals surface area contributed by atoms with Crippen LogP contribution in [-0.4, -0.2) is 60.7 Å². The Bertz CT molecular complexity index is 1930. The number of halogens is 4. The van der Waals surface area contributed by atoms with Crippen LogP contribution in [0, 0.1) is 6.92 Å². The number of nitrogens with zero attached hydrogens (tertiary/aromatic N) is 3. The van der Waals surface area contributed by atoms with Gasteiger partial charge in [0.2, 0.25) is 11.8 Å². The molecule has 3 aromatic carbocycles. The second-order valence-corrected chi connectivity index (χ2v) is 13.3. The number of nitrogens with one attached hydrogen (secondary N) is 2. The second-order valence-electron chi connectivity index (χ2n) is 12.9. The molecule has 2 aliphatic rings. The average molecular weight is 720 g/mol. The molecular formula is C39H41ClF3N5O3. The van der Waals surface area contributed by atoms with Crippen molar-refractivity contribution >= 4 is 29.7 Å². The second kappa shape index (κ2) is 15.8. The summed E-state index contributed by atoms with van der Waals surface area (Å²) in [4.78, 5) is 23.0. The van der Waals surface area contributed by atoms with Crippen molar-refractivity contribution in [2.75, 3.05) is 33.9 Å². The third kappa shape index (κ3) is 8.38. The molecule has 0 spiro atoms. The molecule has 0 radical (unpaired) electrons. The maximum Gasteiger partial charge on any atom is 0.417 e. The lowest BCUT2D eigenvalue weighted by Gasteiger charge is -2.20. The van der Waals surface area contributed by atoms with Crippen molar-refractivity contribution in [1.29, 1.82) is 0 Å². The fourth-order valence-corrected chi connectivity index (χ4v) is 7.09. The van der Waals surface area contributed by atoms with Crippen LogP contribution >= 0.6 is 11.6 Å². The van der Waals surface area contributed by atoms with Gasteiger partial charge in [0.05, 0.1) is 36.7 Å². The van der Waals surface area contributed by atoms with Gasteiger partial charge in [0.15, 0.2) is 0 Å². The number of likely N-dealkylation sites (tertiary alicyclic amines) is 1. The summed E-state index contributed by atoms with van der Waals surface area (Å²) in [7, 11) is 3.02. The van der Waals surface area contributed by atoms with Crippen LogP contribution in [0.1, 0.15) is 59.2 Å². The molecule has 268 valence electrons. The Morgan fingerprint density at radius 2 is 1.75 bits per heavy atom. The van der Waals surface area contributed by atoms with Crippen LogP contribution in [0.4, 0.5) is 13.2 Å². The summed E-state index contributed by atoms with van der Waals surface area (Å²) in [6.45, 7) is 5.09. The van der Waals surface area contributed by atoms with Gasteiger partial charge in [-0.25, -0.2) is 4.98 Å². The molecule has 4 aromatic rings. The minimum Gasteiger partial charge on any atom is -0.496 e. The standard InChI is InChI=1S/C39H41ClF3N5O3/c1-24-25(12-13-26-19-35(50-2)27(18-32(26)39(41,42)43)23-48-16-4-5-17-48)8-6-9-29(24)30-10-7-11-31(37(30)40)33-22-45-34(38(47-33)51-3)21-44-20-28-14-15-36(49)46-28/h6-13,18-19,22,28,44H,4-5,14-17,20-21,23H2,1-3H3,(H,46,49)/b13-12+/t28-/m0/s1. The highest BCUT2D eigenvalue weighted by molar-refractivity contribution is 6.36. The van der Waals surface area contributed by atoms with Gasteiger partial charge in [0, 0.05) is 48.8 Å². The minimum absolute atomic E-state index is 0.0332. The first kappa shape index (κ1) is 36.3. The van der Waals surface area contributed by atoms with Crippen molar-refractivity contribution in [3.63, 3.8) is 0 Å². The van der Waals surface area contributed by atoms with E-state index in [1.165, 1.54) is 32.4 Å². The molecule has 51 heavy (non-hydrogen) atoms. The van der Waals surface area contributed by atoms with Gasteiger partial charge in [-0.1, -0.05) is 60.2 Å². The summed E-state index contributed by atoms with van der Waals surface area (Å²) in [5.74, 6) is 0.862. The van der Waals surface area contributed by atoms with E-state index < -0.39 is 11.7 Å². The van der Waals surface area contributed by atoms with Crippen molar-refractivity contribution in [2.24, 2.45) is 0 Å². The largest absolute Gasteiger partial charge is 0.496 e. The lowest BCUT2D eigenvalue weighted by Crippen LogP contribution is -2.35. The van der Waals surface area contributed by atoms with E-state index in [1.807, 2.05) is 43.3 Å². The first-order valence-electron chi connectivity index (χ1n) is 17.0. The molecule has 8 nitrogen and oxygen atoms in total. The van der Waals surface area contributed by atoms with E-state index in [0.29, 0.717) is 65.2 Å². The van der Waals surface area contributed by atoms with Crippen molar-refractivity contribution < 1.29 is 27.4 Å². The van der Waals surface area contributed by atoms with Crippen molar-refractivity contribution in [3.8, 4) is 34.0 Å². The molecule has 6 rings (SSSR count). The zero-order valence-electron chi connectivity index (χ0n) is 28.9. The van der Waals surface area contributed by atoms with Gasteiger partial charge in [-0.2, -0.15) is 13.2 Å². The van der Waals surface area contributed by atoms with Gasteiger partial charge < -0.3 is 20.1 Å². The number of hydrogen-bond donors (Lipinski definition) is 2. The Labute approximate surface area is 301 Å². The van der Waals surface area contributed by atoms with Crippen LogP contribution in [-0.2, 0) is 24.1 Å². The van der Waals surface area contributed by atoms with E-state index in [2.05, 4.69) is 20.5 Å². The van der Waals surface area contributed by atoms with Gasteiger partial charge in [0.25, 0.3) is 0 Å². The number of amides is 1. The van der Waals surface area contributed by atoms with E-state index in [0.717, 1.165) is 54.6 Å². The molecule has 0 bridgehead atoms. The maximum absolute atomic E-state index is 14.3. The minimum atomic E-state index is -4.54. The Hall–Kier alpha value is -4.45. The van der Waals surface area contributed by atoms with E-state index in [4.69, 9.17) is 26.1 Å². The van der Waals surface area contributed by atoms with Gasteiger partial charge in [0.1, 0.15) is 11.4 Å². The number of methoxy groups -OCH3 is 2. The number of rotatable bonds is 12. The summed E-state index contributed by atoms with van der Waals surface area (Å²) in [5, 5.41) is 6.70. The molecule has 1 amide bonds. The molecule has 0 saturated carbocycles. The third-order valence-corrected chi connectivity index (χ3v) is 9.91. The molecule has 2 saturated heterocycles. The Morgan fingerprint density at radius 3 is 2.45 bits per heavy atom. The fraction of sp³-hybridized carbons (Fsp3) is 0.359. The monoisotopic (exact) mass is 719 g/mol. The lowest BCUT2D eigenvalue weighted by atomic mass is 9.94. The SMILES string of the molecule is COc1cc(/C=C/c2cccc(-c3cccc(-c4cnc(CNC[C@@H]5CCC(=O)N5)c(OC)n4)c3Cl)c2C)c(C(F)(F)F)cc1CN1CCCC1. The number of carbonyl (C=O) groups excluding carboxylic acids is 1. The first-order chi connectivity index (χ1) is 24.5. The van der Waals surface area contributed by atoms with Crippen LogP contribution in [0.2, 0.25) is 5.02 Å². The maximum atomic E-state index is 14.3. The van der Waals surface area contributed by atoms with Gasteiger partial charge in [-0.15, -0.1) is 0 Å². The Morgan fingerprint density at radius 1 is 1.02 bits per heavy atom. The van der Waals surface area contributed by atoms with Gasteiger partial charge in [-0.3, -0.25) is 14.7 Å². The Kier molecular flexibility index (Phi) is 11.3. The number of ether oxygens (including phenoxy) is 2. The van der Waals surface area contributed by atoms with E-state index in [1.54, 1.807) is 12.3 Å². The van der Waals surface area contributed by atoms with E-state index >= 15 is 0 Å². The highest BCUT2D eigenvalue weighted by Crippen LogP contribution is 2.40.